The van der Waals surface area contributed by atoms with Crippen LogP contribution in [0.15, 0.2) is 5.38 Å². The Hall–Kier alpha value is -1.71. The van der Waals surface area contributed by atoms with E-state index in [0.29, 0.717) is 17.4 Å². The molecule has 5 N–H and O–H groups in total. The lowest BCUT2D eigenvalue weighted by atomic mass is 10.0. The lowest BCUT2D eigenvalue weighted by molar-refractivity contribution is -0.122. The van der Waals surface area contributed by atoms with Crippen LogP contribution in [-0.2, 0) is 4.79 Å². The Labute approximate surface area is 139 Å². The van der Waals surface area contributed by atoms with Gasteiger partial charge in [0.15, 0.2) is 5.13 Å². The van der Waals surface area contributed by atoms with Gasteiger partial charge in [-0.15, -0.1) is 11.3 Å². The van der Waals surface area contributed by atoms with Crippen molar-refractivity contribution in [2.24, 2.45) is 0 Å². The predicted molar refractivity (Wildman–Crippen MR) is 88.5 cm³/mol. The molecular formula is C14H24N4O4S. The molecule has 23 heavy (non-hydrogen) atoms. The molecule has 1 aromatic heterocycles. The Kier molecular flexibility index (Phi) is 9.18. The van der Waals surface area contributed by atoms with Crippen molar-refractivity contribution < 1.29 is 19.8 Å². The van der Waals surface area contributed by atoms with Crippen molar-refractivity contribution in [1.29, 1.82) is 0 Å². The second kappa shape index (κ2) is 10.9. The number of aliphatic hydroxyl groups excluding tert-OH is 1. The molecule has 1 aliphatic heterocycles. The van der Waals surface area contributed by atoms with Crippen LogP contribution in [0.5, 0.6) is 0 Å². The Bertz CT molecular complexity index is 483. The molecule has 0 aliphatic carbocycles. The Morgan fingerprint density at radius 2 is 2.30 bits per heavy atom. The fraction of sp³-hybridized carbons (Fsp3) is 0.643. The number of anilines is 1. The van der Waals surface area contributed by atoms with Gasteiger partial charge in [-0.25, -0.2) is 4.98 Å². The van der Waals surface area contributed by atoms with Crippen molar-refractivity contribution in [3.8, 4) is 0 Å². The van der Waals surface area contributed by atoms with Gasteiger partial charge in [0.25, 0.3) is 12.4 Å². The number of nitrogens with zero attached hydrogens (tertiary/aromatic N) is 2. The standard InChI is InChI=1S/C13H22N4O2S.CH2O2/c14-13-16-11(9-20-13)12(19)15-5-3-7-17-6-2-1-4-10(17)8-18;2-1-3/h9-10,18H,1-8H2,(H2,14,16)(H,15,19);1H,(H,2,3). The highest BCUT2D eigenvalue weighted by molar-refractivity contribution is 7.13. The van der Waals surface area contributed by atoms with Gasteiger partial charge in [-0.05, 0) is 25.8 Å². The molecule has 0 saturated carbocycles. The third kappa shape index (κ3) is 6.93. The first-order chi connectivity index (χ1) is 11.1. The van der Waals surface area contributed by atoms with E-state index in [2.05, 4.69) is 15.2 Å². The quantitative estimate of drug-likeness (QED) is 0.434. The number of aromatic nitrogens is 1. The van der Waals surface area contributed by atoms with Crippen molar-refractivity contribution in [1.82, 2.24) is 15.2 Å². The van der Waals surface area contributed by atoms with E-state index in [-0.39, 0.29) is 25.0 Å². The second-order valence-electron chi connectivity index (χ2n) is 5.15. The average molecular weight is 344 g/mol. The van der Waals surface area contributed by atoms with Crippen LogP contribution in [0, 0.1) is 0 Å². The summed E-state index contributed by atoms with van der Waals surface area (Å²) in [6, 6.07) is 0.290. The number of amides is 1. The minimum absolute atomic E-state index is 0.171. The number of carbonyl (C=O) groups excluding carboxylic acids is 1. The molecule has 0 spiro atoms. The highest BCUT2D eigenvalue weighted by Crippen LogP contribution is 2.16. The van der Waals surface area contributed by atoms with Gasteiger partial charge in [0.2, 0.25) is 0 Å². The van der Waals surface area contributed by atoms with Crippen LogP contribution >= 0.6 is 11.3 Å². The summed E-state index contributed by atoms with van der Waals surface area (Å²) in [4.78, 5) is 26.4. The van der Waals surface area contributed by atoms with Crippen LogP contribution in [0.3, 0.4) is 0 Å². The largest absolute Gasteiger partial charge is 0.483 e. The first kappa shape index (κ1) is 19.3. The lowest BCUT2D eigenvalue weighted by Crippen LogP contribution is -2.43. The van der Waals surface area contributed by atoms with Crippen molar-refractivity contribution >= 4 is 28.8 Å². The number of carbonyl (C=O) groups is 2. The number of likely N-dealkylation sites (tertiary alicyclic amines) is 1. The Balaban J connectivity index is 0.000000816. The number of carboxylic acid groups (broad SMARTS) is 1. The van der Waals surface area contributed by atoms with Crippen LogP contribution in [0.2, 0.25) is 0 Å². The Morgan fingerprint density at radius 3 is 2.91 bits per heavy atom. The van der Waals surface area contributed by atoms with Gasteiger partial charge in [-0.3, -0.25) is 14.5 Å². The number of aliphatic hydroxyl groups is 1. The normalized spacial score (nSPS) is 17.9. The molecule has 130 valence electrons. The van der Waals surface area contributed by atoms with E-state index >= 15 is 0 Å². The summed E-state index contributed by atoms with van der Waals surface area (Å²) < 4.78 is 0. The highest BCUT2D eigenvalue weighted by Gasteiger charge is 2.20. The SMILES string of the molecule is Nc1nc(C(=O)NCCCN2CCCCC2CO)cs1.O=CO. The molecule has 1 aromatic rings. The van der Waals surface area contributed by atoms with Crippen LogP contribution in [-0.4, -0.2) is 64.8 Å². The summed E-state index contributed by atoms with van der Waals surface area (Å²) >= 11 is 1.27. The number of rotatable bonds is 6. The number of piperidine rings is 1. The third-order valence-electron chi connectivity index (χ3n) is 3.62. The summed E-state index contributed by atoms with van der Waals surface area (Å²) in [5.74, 6) is -0.171. The molecular weight excluding hydrogens is 320 g/mol. The van der Waals surface area contributed by atoms with E-state index in [1.807, 2.05) is 0 Å². The van der Waals surface area contributed by atoms with Crippen LogP contribution in [0.4, 0.5) is 5.13 Å². The number of thiazole rings is 1. The number of nitrogens with two attached hydrogens (primary N) is 1. The summed E-state index contributed by atoms with van der Waals surface area (Å²) in [5.41, 5.74) is 5.88. The fourth-order valence-corrected chi connectivity index (χ4v) is 3.07. The van der Waals surface area contributed by atoms with Gasteiger partial charge < -0.3 is 21.3 Å². The Morgan fingerprint density at radius 1 is 1.57 bits per heavy atom. The van der Waals surface area contributed by atoms with Gasteiger partial charge in [-0.2, -0.15) is 0 Å². The van der Waals surface area contributed by atoms with E-state index < -0.39 is 0 Å². The maximum Gasteiger partial charge on any atom is 0.290 e. The molecule has 9 heteroatoms. The molecule has 1 aliphatic rings. The lowest BCUT2D eigenvalue weighted by Gasteiger charge is -2.34. The molecule has 2 heterocycles. The van der Waals surface area contributed by atoms with E-state index in [1.54, 1.807) is 5.38 Å². The van der Waals surface area contributed by atoms with Crippen molar-refractivity contribution in [2.45, 2.75) is 31.7 Å². The maximum absolute atomic E-state index is 11.8. The topological polar surface area (TPSA) is 129 Å². The summed E-state index contributed by atoms with van der Waals surface area (Å²) in [6.45, 7) is 2.54. The molecule has 1 unspecified atom stereocenters. The fourth-order valence-electron chi connectivity index (χ4n) is 2.53. The van der Waals surface area contributed by atoms with Crippen LogP contribution < -0.4 is 11.1 Å². The number of nitrogens with one attached hydrogen (secondary N) is 1. The first-order valence-corrected chi connectivity index (χ1v) is 8.42. The molecule has 0 aromatic carbocycles. The monoisotopic (exact) mass is 344 g/mol. The van der Waals surface area contributed by atoms with Crippen LogP contribution in [0.25, 0.3) is 0 Å². The van der Waals surface area contributed by atoms with E-state index in [1.165, 1.54) is 24.2 Å². The van der Waals surface area contributed by atoms with Gasteiger partial charge in [0.1, 0.15) is 5.69 Å². The summed E-state index contributed by atoms with van der Waals surface area (Å²) in [7, 11) is 0. The molecule has 0 radical (unpaired) electrons. The van der Waals surface area contributed by atoms with Gasteiger partial charge in [0, 0.05) is 24.5 Å². The zero-order chi connectivity index (χ0) is 17.1. The van der Waals surface area contributed by atoms with Crippen molar-refractivity contribution in [3.05, 3.63) is 11.1 Å². The predicted octanol–water partition coefficient (Wildman–Crippen LogP) is 0.393. The molecule has 1 fully saturated rings. The number of nitrogen functional groups attached to an aromatic ring is 1. The van der Waals surface area contributed by atoms with E-state index in [4.69, 9.17) is 15.6 Å². The second-order valence-corrected chi connectivity index (χ2v) is 6.04. The van der Waals surface area contributed by atoms with Gasteiger partial charge in [-0.1, -0.05) is 6.42 Å². The number of hydrogen-bond acceptors (Lipinski definition) is 7. The smallest absolute Gasteiger partial charge is 0.290 e. The van der Waals surface area contributed by atoms with Gasteiger partial charge in [0.05, 0.1) is 6.61 Å². The molecule has 2 rings (SSSR count). The minimum atomic E-state index is -0.250. The molecule has 1 atom stereocenters. The summed E-state index contributed by atoms with van der Waals surface area (Å²) in [5, 5.41) is 21.1. The molecule has 1 amide bonds. The van der Waals surface area contributed by atoms with Crippen LogP contribution in [0.1, 0.15) is 36.2 Å². The summed E-state index contributed by atoms with van der Waals surface area (Å²) in [6.07, 6.45) is 4.34. The third-order valence-corrected chi connectivity index (χ3v) is 4.30. The zero-order valence-corrected chi connectivity index (χ0v) is 13.8. The first-order valence-electron chi connectivity index (χ1n) is 7.54. The van der Waals surface area contributed by atoms with Crippen molar-refractivity contribution in [3.63, 3.8) is 0 Å². The maximum atomic E-state index is 11.8. The van der Waals surface area contributed by atoms with Crippen molar-refractivity contribution in [2.75, 3.05) is 32.0 Å². The van der Waals surface area contributed by atoms with E-state index in [0.717, 1.165) is 25.9 Å². The molecule has 8 nitrogen and oxygen atoms in total. The average Bonchev–Trinajstić information content (AvgIpc) is 2.99. The molecule has 1 saturated heterocycles. The zero-order valence-electron chi connectivity index (χ0n) is 13.0. The van der Waals surface area contributed by atoms with E-state index in [9.17, 15) is 9.90 Å². The highest BCUT2D eigenvalue weighted by atomic mass is 32.1. The minimum Gasteiger partial charge on any atom is -0.483 e. The molecule has 0 bridgehead atoms. The number of hydrogen-bond donors (Lipinski definition) is 4. The van der Waals surface area contributed by atoms with Gasteiger partial charge >= 0.3 is 0 Å².